The van der Waals surface area contributed by atoms with Crippen LogP contribution in [0.3, 0.4) is 0 Å². The summed E-state index contributed by atoms with van der Waals surface area (Å²) in [7, 11) is 5.28. The van der Waals surface area contributed by atoms with E-state index in [4.69, 9.17) is 18.9 Å². The van der Waals surface area contributed by atoms with Gasteiger partial charge in [0.05, 0.1) is 7.11 Å². The highest BCUT2D eigenvalue weighted by Gasteiger charge is 2.70. The fourth-order valence-electron chi connectivity index (χ4n) is 7.11. The first-order valence-electron chi connectivity index (χ1n) is 10.9. The van der Waals surface area contributed by atoms with Gasteiger partial charge in [-0.25, -0.2) is 0 Å². The lowest BCUT2D eigenvalue weighted by Gasteiger charge is -2.61. The van der Waals surface area contributed by atoms with Crippen molar-refractivity contribution < 1.29 is 18.9 Å². The van der Waals surface area contributed by atoms with Crippen LogP contribution in [0.2, 0.25) is 0 Å². The molecule has 5 aliphatic rings. The Balaban J connectivity index is 1.53. The molecular formula is C23H31NO4. The average Bonchev–Trinajstić information content (AvgIpc) is 3.47. The third-order valence-corrected chi connectivity index (χ3v) is 8.52. The van der Waals surface area contributed by atoms with Crippen molar-refractivity contribution in [2.75, 3.05) is 34.4 Å². The van der Waals surface area contributed by atoms with Crippen molar-refractivity contribution in [1.82, 2.24) is 4.90 Å². The quantitative estimate of drug-likeness (QED) is 0.729. The van der Waals surface area contributed by atoms with Crippen molar-refractivity contribution in [1.29, 1.82) is 0 Å². The van der Waals surface area contributed by atoms with Crippen LogP contribution in [-0.4, -0.2) is 57.3 Å². The highest BCUT2D eigenvalue weighted by molar-refractivity contribution is 5.61. The number of methoxy groups -OCH3 is 3. The maximum absolute atomic E-state index is 6.73. The molecule has 2 bridgehead atoms. The Morgan fingerprint density at radius 2 is 1.93 bits per heavy atom. The first kappa shape index (κ1) is 17.5. The summed E-state index contributed by atoms with van der Waals surface area (Å²) >= 11 is 0. The van der Waals surface area contributed by atoms with E-state index >= 15 is 0 Å². The van der Waals surface area contributed by atoms with Gasteiger partial charge in [-0.3, -0.25) is 4.90 Å². The predicted octanol–water partition coefficient (Wildman–Crippen LogP) is 3.13. The minimum atomic E-state index is -0.682. The van der Waals surface area contributed by atoms with Crippen LogP contribution in [0.25, 0.3) is 0 Å². The molecule has 0 amide bonds. The molecule has 0 N–H and O–H groups in total. The Labute approximate surface area is 167 Å². The molecule has 3 unspecified atom stereocenters. The number of benzene rings is 1. The fraction of sp³-hybridized carbons (Fsp3) is 0.739. The van der Waals surface area contributed by atoms with Crippen LogP contribution in [0.4, 0.5) is 0 Å². The van der Waals surface area contributed by atoms with Crippen molar-refractivity contribution in [2.24, 2.45) is 11.8 Å². The van der Waals surface area contributed by atoms with E-state index in [-0.39, 0.29) is 11.5 Å². The Hall–Kier alpha value is -1.30. The van der Waals surface area contributed by atoms with Gasteiger partial charge in [0.2, 0.25) is 5.79 Å². The van der Waals surface area contributed by atoms with E-state index in [0.717, 1.165) is 49.6 Å². The summed E-state index contributed by atoms with van der Waals surface area (Å²) in [5.74, 6) is 2.64. The van der Waals surface area contributed by atoms with E-state index in [1.165, 1.54) is 30.5 Å². The summed E-state index contributed by atoms with van der Waals surface area (Å²) in [6.07, 6.45) is 6.99. The monoisotopic (exact) mass is 385 g/mol. The number of nitrogens with zero attached hydrogens (tertiary/aromatic N) is 1. The minimum Gasteiger partial charge on any atom is -0.493 e. The van der Waals surface area contributed by atoms with Gasteiger partial charge in [-0.2, -0.15) is 0 Å². The molecule has 3 aliphatic carbocycles. The molecule has 2 aliphatic heterocycles. The SMILES string of the molecule is COc1ccc2c3c1OC1C(OC)(OC)CCC4C(C2)N(CC2CC2)CC[C@]341. The van der Waals surface area contributed by atoms with Gasteiger partial charge in [0.15, 0.2) is 17.6 Å². The van der Waals surface area contributed by atoms with Crippen LogP contribution >= 0.6 is 0 Å². The maximum Gasteiger partial charge on any atom is 0.206 e. The summed E-state index contributed by atoms with van der Waals surface area (Å²) in [4.78, 5) is 2.81. The molecule has 1 aromatic rings. The molecule has 2 heterocycles. The second kappa shape index (κ2) is 5.87. The Morgan fingerprint density at radius 1 is 1.11 bits per heavy atom. The molecule has 1 spiro atoms. The lowest BCUT2D eigenvalue weighted by atomic mass is 9.50. The zero-order valence-corrected chi connectivity index (χ0v) is 17.2. The summed E-state index contributed by atoms with van der Waals surface area (Å²) in [5, 5.41) is 0. The second-order valence-corrected chi connectivity index (χ2v) is 9.49. The second-order valence-electron chi connectivity index (χ2n) is 9.49. The molecule has 1 saturated heterocycles. The fourth-order valence-corrected chi connectivity index (χ4v) is 7.11. The highest BCUT2D eigenvalue weighted by Crippen LogP contribution is 2.66. The molecular weight excluding hydrogens is 354 g/mol. The van der Waals surface area contributed by atoms with E-state index in [0.29, 0.717) is 12.0 Å². The van der Waals surface area contributed by atoms with E-state index < -0.39 is 5.79 Å². The van der Waals surface area contributed by atoms with E-state index in [9.17, 15) is 0 Å². The molecule has 5 nitrogen and oxygen atoms in total. The Morgan fingerprint density at radius 3 is 2.64 bits per heavy atom. The largest absolute Gasteiger partial charge is 0.493 e. The lowest BCUT2D eigenvalue weighted by molar-refractivity contribution is -0.292. The lowest BCUT2D eigenvalue weighted by Crippen LogP contribution is -2.71. The number of likely N-dealkylation sites (tertiary alicyclic amines) is 1. The molecule has 2 saturated carbocycles. The molecule has 6 rings (SSSR count). The molecule has 0 aromatic heterocycles. The van der Waals surface area contributed by atoms with Gasteiger partial charge in [-0.05, 0) is 62.1 Å². The maximum atomic E-state index is 6.73. The van der Waals surface area contributed by atoms with E-state index in [2.05, 4.69) is 17.0 Å². The summed E-state index contributed by atoms with van der Waals surface area (Å²) in [6, 6.07) is 4.98. The average molecular weight is 386 g/mol. The smallest absolute Gasteiger partial charge is 0.206 e. The summed E-state index contributed by atoms with van der Waals surface area (Å²) in [6.45, 7) is 2.43. The van der Waals surface area contributed by atoms with Crippen LogP contribution in [0, 0.1) is 11.8 Å². The standard InChI is InChI=1S/C23H31NO4/c1-25-18-7-6-15-12-17-16-8-9-23(26-2,27-3)21-22(16,19(15)20(18)28-21)10-11-24(17)13-14-4-5-14/h6-7,14,16-17,21H,4-5,8-13H2,1-3H3/t16?,17?,21?,22-/m1/s1. The molecule has 0 radical (unpaired) electrons. The summed E-state index contributed by atoms with van der Waals surface area (Å²) < 4.78 is 24.5. The van der Waals surface area contributed by atoms with Crippen LogP contribution in [-0.2, 0) is 21.3 Å². The number of ether oxygens (including phenoxy) is 4. The van der Waals surface area contributed by atoms with Crippen molar-refractivity contribution in [3.8, 4) is 11.5 Å². The summed E-state index contributed by atoms with van der Waals surface area (Å²) in [5.41, 5.74) is 2.83. The number of rotatable bonds is 5. The van der Waals surface area contributed by atoms with Crippen molar-refractivity contribution in [3.05, 3.63) is 23.3 Å². The zero-order valence-electron chi connectivity index (χ0n) is 17.2. The van der Waals surface area contributed by atoms with E-state index in [1.807, 2.05) is 0 Å². The molecule has 4 atom stereocenters. The van der Waals surface area contributed by atoms with Crippen LogP contribution in [0.15, 0.2) is 12.1 Å². The van der Waals surface area contributed by atoms with Gasteiger partial charge in [0.1, 0.15) is 0 Å². The third-order valence-electron chi connectivity index (χ3n) is 8.52. The predicted molar refractivity (Wildman–Crippen MR) is 105 cm³/mol. The highest BCUT2D eigenvalue weighted by atomic mass is 16.7. The van der Waals surface area contributed by atoms with Crippen molar-refractivity contribution >= 4 is 0 Å². The first-order valence-corrected chi connectivity index (χ1v) is 10.9. The first-order chi connectivity index (χ1) is 13.7. The molecule has 28 heavy (non-hydrogen) atoms. The Bertz CT molecular complexity index is 802. The van der Waals surface area contributed by atoms with Crippen LogP contribution in [0.1, 0.15) is 43.2 Å². The zero-order chi connectivity index (χ0) is 19.1. The van der Waals surface area contributed by atoms with Gasteiger partial charge < -0.3 is 18.9 Å². The molecule has 1 aromatic carbocycles. The van der Waals surface area contributed by atoms with Gasteiger partial charge >= 0.3 is 0 Å². The third kappa shape index (κ3) is 2.03. The molecule has 152 valence electrons. The van der Waals surface area contributed by atoms with Gasteiger partial charge in [-0.1, -0.05) is 6.07 Å². The van der Waals surface area contributed by atoms with Crippen molar-refractivity contribution in [3.63, 3.8) is 0 Å². The Kier molecular flexibility index (Phi) is 3.68. The van der Waals surface area contributed by atoms with Crippen LogP contribution < -0.4 is 9.47 Å². The molecule has 5 heteroatoms. The topological polar surface area (TPSA) is 40.2 Å². The van der Waals surface area contributed by atoms with Gasteiger partial charge in [0.25, 0.3) is 0 Å². The molecule has 3 fully saturated rings. The number of hydrogen-bond acceptors (Lipinski definition) is 5. The van der Waals surface area contributed by atoms with E-state index in [1.54, 1.807) is 21.3 Å². The van der Waals surface area contributed by atoms with Crippen molar-refractivity contribution in [2.45, 2.75) is 61.9 Å². The van der Waals surface area contributed by atoms with Crippen LogP contribution in [0.5, 0.6) is 11.5 Å². The number of hydrogen-bond donors (Lipinski definition) is 0. The van der Waals surface area contributed by atoms with Gasteiger partial charge in [0, 0.05) is 44.2 Å². The van der Waals surface area contributed by atoms with Gasteiger partial charge in [-0.15, -0.1) is 0 Å². The normalized spacial score (nSPS) is 37.3. The number of piperidine rings is 1. The minimum absolute atomic E-state index is 0.0214.